The van der Waals surface area contributed by atoms with E-state index in [0.29, 0.717) is 5.69 Å². The van der Waals surface area contributed by atoms with Crippen molar-refractivity contribution in [3.63, 3.8) is 0 Å². The molecule has 0 amide bonds. The summed E-state index contributed by atoms with van der Waals surface area (Å²) in [4.78, 5) is 6.00. The monoisotopic (exact) mass is 287 g/mol. The van der Waals surface area contributed by atoms with Crippen LogP contribution in [0.5, 0.6) is 0 Å². The summed E-state index contributed by atoms with van der Waals surface area (Å²) in [6.45, 7) is 0.201. The number of anilines is 1. The zero-order valence-electron chi connectivity index (χ0n) is 10.6. The normalized spacial score (nSPS) is 20.0. The lowest BCUT2D eigenvalue weighted by Gasteiger charge is -2.31. The Kier molecular flexibility index (Phi) is 3.25. The summed E-state index contributed by atoms with van der Waals surface area (Å²) in [5.41, 5.74) is 1.54. The van der Waals surface area contributed by atoms with Crippen molar-refractivity contribution < 1.29 is 8.42 Å². The maximum Gasteiger partial charge on any atom is 0.245 e. The van der Waals surface area contributed by atoms with Gasteiger partial charge in [0.05, 0.1) is 12.4 Å². The van der Waals surface area contributed by atoms with Crippen molar-refractivity contribution in [2.75, 3.05) is 11.6 Å². The minimum atomic E-state index is -3.47. The van der Waals surface area contributed by atoms with Crippen LogP contribution in [0.2, 0.25) is 0 Å². The van der Waals surface area contributed by atoms with Crippen LogP contribution in [0.4, 0.5) is 5.69 Å². The molecule has 0 spiro atoms. The van der Waals surface area contributed by atoms with Crippen molar-refractivity contribution >= 4 is 15.7 Å². The zero-order chi connectivity index (χ0) is 14.0. The molecule has 1 aliphatic carbocycles. The number of hydrogen-bond acceptors (Lipinski definition) is 4. The summed E-state index contributed by atoms with van der Waals surface area (Å²) in [6.07, 6.45) is 16.4. The van der Waals surface area contributed by atoms with Crippen LogP contribution < -0.4 is 9.62 Å². The Morgan fingerprint density at radius 1 is 1.15 bits per heavy atom. The molecule has 2 heterocycles. The molecule has 1 aromatic heterocycles. The molecule has 2 aliphatic rings. The number of fused-ring (bicyclic) bond motifs is 1. The van der Waals surface area contributed by atoms with Gasteiger partial charge in [-0.1, -0.05) is 30.4 Å². The van der Waals surface area contributed by atoms with Gasteiger partial charge in [-0.2, -0.15) is 4.72 Å². The van der Waals surface area contributed by atoms with Gasteiger partial charge in [0.15, 0.2) is 0 Å². The second-order valence-electron chi connectivity index (χ2n) is 4.30. The van der Waals surface area contributed by atoms with Crippen LogP contribution in [-0.2, 0) is 10.0 Å². The predicted octanol–water partition coefficient (Wildman–Crippen LogP) is 1.70. The van der Waals surface area contributed by atoms with Crippen LogP contribution in [0.1, 0.15) is 0 Å². The van der Waals surface area contributed by atoms with Crippen LogP contribution in [0.25, 0.3) is 0 Å². The van der Waals surface area contributed by atoms with E-state index in [-0.39, 0.29) is 11.6 Å². The molecule has 0 atom stereocenters. The maximum atomic E-state index is 12.0. The molecule has 5 nitrogen and oxygen atoms in total. The molecule has 1 N–H and O–H groups in total. The number of rotatable bonds is 1. The highest BCUT2D eigenvalue weighted by atomic mass is 32.2. The van der Waals surface area contributed by atoms with E-state index >= 15 is 0 Å². The molecule has 0 bridgehead atoms. The van der Waals surface area contributed by atoms with Gasteiger partial charge < -0.3 is 4.90 Å². The van der Waals surface area contributed by atoms with Gasteiger partial charge in [-0.25, -0.2) is 8.42 Å². The Morgan fingerprint density at radius 3 is 2.85 bits per heavy atom. The molecule has 0 aromatic carbocycles. The van der Waals surface area contributed by atoms with E-state index in [4.69, 9.17) is 0 Å². The van der Waals surface area contributed by atoms with Gasteiger partial charge in [0.2, 0.25) is 10.0 Å². The fourth-order valence-electron chi connectivity index (χ4n) is 2.08. The summed E-state index contributed by atoms with van der Waals surface area (Å²) in [5, 5.41) is 0. The summed E-state index contributed by atoms with van der Waals surface area (Å²) in [5.74, 6) is 0. The Labute approximate surface area is 117 Å². The SMILES string of the molecule is O=S1(=O)NCN(C2=CC=CC=CC=C2)c2ccncc21. The van der Waals surface area contributed by atoms with Gasteiger partial charge in [0.25, 0.3) is 0 Å². The molecule has 0 fully saturated rings. The van der Waals surface area contributed by atoms with Gasteiger partial charge in [-0.15, -0.1) is 0 Å². The number of aromatic nitrogens is 1. The fourth-order valence-corrected chi connectivity index (χ4v) is 3.19. The van der Waals surface area contributed by atoms with E-state index in [0.717, 1.165) is 5.70 Å². The summed E-state index contributed by atoms with van der Waals surface area (Å²) in [6, 6.07) is 1.71. The molecule has 0 unspecified atom stereocenters. The quantitative estimate of drug-likeness (QED) is 0.854. The molecule has 1 aromatic rings. The van der Waals surface area contributed by atoms with Crippen molar-refractivity contribution in [3.05, 3.63) is 66.7 Å². The molecule has 0 saturated carbocycles. The number of pyridine rings is 1. The third kappa shape index (κ3) is 2.31. The molecule has 6 heteroatoms. The van der Waals surface area contributed by atoms with Crippen LogP contribution in [-0.4, -0.2) is 20.1 Å². The second-order valence-corrected chi connectivity index (χ2v) is 6.03. The molecule has 0 radical (unpaired) electrons. The zero-order valence-corrected chi connectivity index (χ0v) is 11.4. The van der Waals surface area contributed by atoms with Crippen molar-refractivity contribution in [3.8, 4) is 0 Å². The number of allylic oxidation sites excluding steroid dienone is 7. The number of sulfonamides is 1. The van der Waals surface area contributed by atoms with E-state index in [2.05, 4.69) is 9.71 Å². The number of nitrogens with zero attached hydrogens (tertiary/aromatic N) is 2. The topological polar surface area (TPSA) is 62.3 Å². The van der Waals surface area contributed by atoms with Crippen molar-refractivity contribution in [1.82, 2.24) is 9.71 Å². The van der Waals surface area contributed by atoms with E-state index in [9.17, 15) is 8.42 Å². The Bertz CT molecular complexity index is 745. The molecule has 0 saturated heterocycles. The smallest absolute Gasteiger partial charge is 0.245 e. The standard InChI is InChI=1S/C14H13N3O2S/c18-20(19)14-10-15-9-8-13(14)17(11-16-20)12-6-4-2-1-3-5-7-12/h1-10,16H,11H2. The van der Waals surface area contributed by atoms with E-state index in [1.807, 2.05) is 47.4 Å². The first-order chi connectivity index (χ1) is 9.68. The average molecular weight is 287 g/mol. The average Bonchev–Trinajstić information content (AvgIpc) is 2.40. The largest absolute Gasteiger partial charge is 0.326 e. The van der Waals surface area contributed by atoms with E-state index in [1.54, 1.807) is 12.3 Å². The molecular weight excluding hydrogens is 274 g/mol. The molecule has 20 heavy (non-hydrogen) atoms. The highest BCUT2D eigenvalue weighted by Crippen LogP contribution is 2.30. The van der Waals surface area contributed by atoms with Crippen molar-refractivity contribution in [1.29, 1.82) is 0 Å². The van der Waals surface area contributed by atoms with Gasteiger partial charge in [-0.05, 0) is 18.2 Å². The number of nitrogens with one attached hydrogen (secondary N) is 1. The third-order valence-corrected chi connectivity index (χ3v) is 4.45. The van der Waals surface area contributed by atoms with Gasteiger partial charge in [0, 0.05) is 18.1 Å². The Hall–Kier alpha value is -2.18. The van der Waals surface area contributed by atoms with E-state index in [1.165, 1.54) is 6.20 Å². The minimum absolute atomic E-state index is 0.196. The van der Waals surface area contributed by atoms with Crippen LogP contribution in [0.3, 0.4) is 0 Å². The maximum absolute atomic E-state index is 12.0. The highest BCUT2D eigenvalue weighted by Gasteiger charge is 2.28. The predicted molar refractivity (Wildman–Crippen MR) is 77.4 cm³/mol. The lowest BCUT2D eigenvalue weighted by atomic mass is 10.2. The first-order valence-electron chi connectivity index (χ1n) is 6.11. The summed E-state index contributed by atoms with van der Waals surface area (Å²) < 4.78 is 26.5. The molecule has 102 valence electrons. The number of hydrogen-bond donors (Lipinski definition) is 1. The highest BCUT2D eigenvalue weighted by molar-refractivity contribution is 7.89. The summed E-state index contributed by atoms with van der Waals surface area (Å²) >= 11 is 0. The first-order valence-corrected chi connectivity index (χ1v) is 7.60. The minimum Gasteiger partial charge on any atom is -0.326 e. The Morgan fingerprint density at radius 2 is 1.95 bits per heavy atom. The van der Waals surface area contributed by atoms with Gasteiger partial charge in [0.1, 0.15) is 4.90 Å². The molecular formula is C14H13N3O2S. The van der Waals surface area contributed by atoms with Crippen molar-refractivity contribution in [2.45, 2.75) is 4.90 Å². The van der Waals surface area contributed by atoms with Crippen LogP contribution in [0.15, 0.2) is 71.6 Å². The van der Waals surface area contributed by atoms with Gasteiger partial charge >= 0.3 is 0 Å². The van der Waals surface area contributed by atoms with Crippen molar-refractivity contribution in [2.24, 2.45) is 0 Å². The third-order valence-electron chi connectivity index (χ3n) is 3.05. The lowest BCUT2D eigenvalue weighted by Crippen LogP contribution is -2.42. The second kappa shape index (κ2) is 5.07. The molecule has 3 rings (SSSR count). The summed E-state index contributed by atoms with van der Waals surface area (Å²) in [7, 11) is -3.47. The first kappa shape index (κ1) is 12.8. The van der Waals surface area contributed by atoms with Gasteiger partial charge in [-0.3, -0.25) is 4.98 Å². The fraction of sp³-hybridized carbons (Fsp3) is 0.0714. The van der Waals surface area contributed by atoms with Crippen LogP contribution >= 0.6 is 0 Å². The van der Waals surface area contributed by atoms with E-state index < -0.39 is 10.0 Å². The molecule has 1 aliphatic heterocycles. The van der Waals surface area contributed by atoms with Crippen LogP contribution in [0, 0.1) is 0 Å². The lowest BCUT2D eigenvalue weighted by molar-refractivity contribution is 0.575. The Balaban J connectivity index is 2.09.